The zero-order valence-corrected chi connectivity index (χ0v) is 13.2. The first kappa shape index (κ1) is 15.2. The van der Waals surface area contributed by atoms with Crippen LogP contribution >= 0.6 is 0 Å². The first-order valence-electron chi connectivity index (χ1n) is 7.73. The zero-order chi connectivity index (χ0) is 15.6. The Morgan fingerprint density at radius 3 is 3.00 bits per heavy atom. The van der Waals surface area contributed by atoms with Crippen molar-refractivity contribution in [2.45, 2.75) is 38.2 Å². The molecular formula is C15H23N5O2. The molecule has 1 aliphatic rings. The molecular weight excluding hydrogens is 282 g/mol. The van der Waals surface area contributed by atoms with Gasteiger partial charge in [-0.2, -0.15) is 4.98 Å². The lowest BCUT2D eigenvalue weighted by atomic mass is 9.89. The fourth-order valence-corrected chi connectivity index (χ4v) is 3.13. The average Bonchev–Trinajstić information content (AvgIpc) is 3.05. The third-order valence-corrected chi connectivity index (χ3v) is 4.28. The van der Waals surface area contributed by atoms with Crippen molar-refractivity contribution in [1.29, 1.82) is 0 Å². The van der Waals surface area contributed by atoms with E-state index in [0.29, 0.717) is 24.7 Å². The highest BCUT2D eigenvalue weighted by Crippen LogP contribution is 2.25. The smallest absolute Gasteiger partial charge is 0.229 e. The standard InChI is InChI=1S/C15H23N5O2/c1-12-17-14(22-18-12)8-15(21)5-3-6-20(10-15)7-4-13-9-16-11-19(13)2/h9,11,21H,3-8,10H2,1-2H3. The number of imidazole rings is 1. The number of aryl methyl sites for hydroxylation is 2. The van der Waals surface area contributed by atoms with Crippen LogP contribution in [0.4, 0.5) is 0 Å². The lowest BCUT2D eigenvalue weighted by Gasteiger charge is -2.38. The number of hydrogen-bond acceptors (Lipinski definition) is 6. The van der Waals surface area contributed by atoms with Gasteiger partial charge in [0.25, 0.3) is 0 Å². The maximum Gasteiger partial charge on any atom is 0.229 e. The first-order chi connectivity index (χ1) is 10.5. The molecule has 2 aromatic heterocycles. The molecule has 0 aromatic carbocycles. The largest absolute Gasteiger partial charge is 0.388 e. The highest BCUT2D eigenvalue weighted by Gasteiger charge is 2.35. The summed E-state index contributed by atoms with van der Waals surface area (Å²) < 4.78 is 7.19. The molecule has 1 atom stereocenters. The van der Waals surface area contributed by atoms with Crippen molar-refractivity contribution in [3.8, 4) is 0 Å². The van der Waals surface area contributed by atoms with Crippen LogP contribution in [-0.4, -0.2) is 54.9 Å². The van der Waals surface area contributed by atoms with Gasteiger partial charge in [-0.3, -0.25) is 0 Å². The van der Waals surface area contributed by atoms with Crippen molar-refractivity contribution in [3.63, 3.8) is 0 Å². The van der Waals surface area contributed by atoms with Crippen LogP contribution in [0, 0.1) is 6.92 Å². The molecule has 0 saturated carbocycles. The quantitative estimate of drug-likeness (QED) is 0.877. The highest BCUT2D eigenvalue weighted by atomic mass is 16.5. The predicted octanol–water partition coefficient (Wildman–Crippen LogP) is 0.724. The van der Waals surface area contributed by atoms with Crippen LogP contribution in [0.3, 0.4) is 0 Å². The molecule has 3 heterocycles. The lowest BCUT2D eigenvalue weighted by Crippen LogP contribution is -2.50. The summed E-state index contributed by atoms with van der Waals surface area (Å²) in [5, 5.41) is 14.6. The van der Waals surface area contributed by atoms with Gasteiger partial charge in [0, 0.05) is 38.4 Å². The van der Waals surface area contributed by atoms with Gasteiger partial charge >= 0.3 is 0 Å². The van der Waals surface area contributed by atoms with Gasteiger partial charge in [-0.05, 0) is 26.3 Å². The van der Waals surface area contributed by atoms with Crippen molar-refractivity contribution in [2.75, 3.05) is 19.6 Å². The summed E-state index contributed by atoms with van der Waals surface area (Å²) in [5.74, 6) is 1.14. The van der Waals surface area contributed by atoms with Crippen molar-refractivity contribution in [3.05, 3.63) is 29.9 Å². The number of hydrogen-bond donors (Lipinski definition) is 1. The van der Waals surface area contributed by atoms with Gasteiger partial charge in [0.15, 0.2) is 5.82 Å². The van der Waals surface area contributed by atoms with Crippen LogP contribution in [-0.2, 0) is 19.9 Å². The van der Waals surface area contributed by atoms with Gasteiger partial charge < -0.3 is 19.1 Å². The molecule has 0 bridgehead atoms. The Bertz CT molecular complexity index is 623. The molecule has 7 nitrogen and oxygen atoms in total. The Kier molecular flexibility index (Phi) is 4.26. The topological polar surface area (TPSA) is 80.2 Å². The van der Waals surface area contributed by atoms with E-state index in [1.165, 1.54) is 5.69 Å². The van der Waals surface area contributed by atoms with E-state index in [-0.39, 0.29) is 0 Å². The number of aliphatic hydroxyl groups is 1. The highest BCUT2D eigenvalue weighted by molar-refractivity contribution is 5.00. The second-order valence-corrected chi connectivity index (χ2v) is 6.26. The van der Waals surface area contributed by atoms with Crippen LogP contribution in [0.25, 0.3) is 0 Å². The third kappa shape index (κ3) is 3.53. The van der Waals surface area contributed by atoms with E-state index in [1.807, 2.05) is 24.1 Å². The lowest BCUT2D eigenvalue weighted by molar-refractivity contribution is -0.0346. The summed E-state index contributed by atoms with van der Waals surface area (Å²) in [4.78, 5) is 10.7. The van der Waals surface area contributed by atoms with Gasteiger partial charge in [-0.15, -0.1) is 0 Å². The molecule has 7 heteroatoms. The second kappa shape index (κ2) is 6.18. The Hall–Kier alpha value is -1.73. The predicted molar refractivity (Wildman–Crippen MR) is 80.3 cm³/mol. The van der Waals surface area contributed by atoms with Crippen LogP contribution < -0.4 is 0 Å². The molecule has 1 fully saturated rings. The Morgan fingerprint density at radius 2 is 2.32 bits per heavy atom. The van der Waals surface area contributed by atoms with Crippen LogP contribution in [0.5, 0.6) is 0 Å². The van der Waals surface area contributed by atoms with Gasteiger partial charge in [0.05, 0.1) is 18.3 Å². The first-order valence-corrected chi connectivity index (χ1v) is 7.73. The van der Waals surface area contributed by atoms with Crippen molar-refractivity contribution in [1.82, 2.24) is 24.6 Å². The number of nitrogens with zero attached hydrogens (tertiary/aromatic N) is 5. The fourth-order valence-electron chi connectivity index (χ4n) is 3.13. The van der Waals surface area contributed by atoms with E-state index in [2.05, 4.69) is 20.0 Å². The fraction of sp³-hybridized carbons (Fsp3) is 0.667. The molecule has 2 aromatic rings. The van der Waals surface area contributed by atoms with E-state index < -0.39 is 5.60 Å². The number of likely N-dealkylation sites (tertiary alicyclic amines) is 1. The van der Waals surface area contributed by atoms with Crippen molar-refractivity contribution < 1.29 is 9.63 Å². The molecule has 1 saturated heterocycles. The van der Waals surface area contributed by atoms with E-state index in [0.717, 1.165) is 32.4 Å². The third-order valence-electron chi connectivity index (χ3n) is 4.28. The zero-order valence-electron chi connectivity index (χ0n) is 13.2. The summed E-state index contributed by atoms with van der Waals surface area (Å²) in [6.07, 6.45) is 6.84. The maximum atomic E-state index is 10.8. The minimum Gasteiger partial charge on any atom is -0.388 e. The molecule has 0 amide bonds. The van der Waals surface area contributed by atoms with Gasteiger partial charge in [0.2, 0.25) is 5.89 Å². The Balaban J connectivity index is 1.57. The number of piperidine rings is 1. The summed E-state index contributed by atoms with van der Waals surface area (Å²) in [5.41, 5.74) is 0.436. The van der Waals surface area contributed by atoms with Gasteiger partial charge in [-0.25, -0.2) is 4.98 Å². The molecule has 1 N–H and O–H groups in total. The van der Waals surface area contributed by atoms with E-state index in [1.54, 1.807) is 6.92 Å². The van der Waals surface area contributed by atoms with E-state index in [4.69, 9.17) is 4.52 Å². The Morgan fingerprint density at radius 1 is 1.45 bits per heavy atom. The molecule has 0 aliphatic carbocycles. The molecule has 1 unspecified atom stereocenters. The summed E-state index contributed by atoms with van der Waals surface area (Å²) in [6.45, 7) is 4.37. The molecule has 0 spiro atoms. The number of β-amino-alcohol motifs (C(OH)–C–C–N with tert-alkyl or cyclic N) is 1. The van der Waals surface area contributed by atoms with Crippen LogP contribution in [0.15, 0.2) is 17.0 Å². The van der Waals surface area contributed by atoms with Gasteiger partial charge in [-0.1, -0.05) is 5.16 Å². The molecule has 3 rings (SSSR count). The van der Waals surface area contributed by atoms with Crippen molar-refractivity contribution in [2.24, 2.45) is 7.05 Å². The number of rotatable bonds is 5. The molecule has 22 heavy (non-hydrogen) atoms. The van der Waals surface area contributed by atoms with Gasteiger partial charge in [0.1, 0.15) is 0 Å². The maximum absolute atomic E-state index is 10.8. The molecule has 120 valence electrons. The second-order valence-electron chi connectivity index (χ2n) is 6.26. The minimum atomic E-state index is -0.774. The minimum absolute atomic E-state index is 0.427. The van der Waals surface area contributed by atoms with E-state index in [9.17, 15) is 5.11 Å². The summed E-state index contributed by atoms with van der Waals surface area (Å²) in [6, 6.07) is 0. The van der Waals surface area contributed by atoms with Crippen molar-refractivity contribution >= 4 is 0 Å². The monoisotopic (exact) mass is 305 g/mol. The molecule has 1 aliphatic heterocycles. The van der Waals surface area contributed by atoms with E-state index >= 15 is 0 Å². The summed E-state index contributed by atoms with van der Waals surface area (Å²) in [7, 11) is 2.01. The van der Waals surface area contributed by atoms with Crippen LogP contribution in [0.1, 0.15) is 30.3 Å². The summed E-state index contributed by atoms with van der Waals surface area (Å²) >= 11 is 0. The SMILES string of the molecule is Cc1noc(CC2(O)CCCN(CCc3cncn3C)C2)n1. The average molecular weight is 305 g/mol. The number of aromatic nitrogens is 4. The van der Waals surface area contributed by atoms with Crippen LogP contribution in [0.2, 0.25) is 0 Å². The molecule has 0 radical (unpaired) electrons. The Labute approximate surface area is 130 Å². The normalized spacial score (nSPS) is 23.0.